The summed E-state index contributed by atoms with van der Waals surface area (Å²) in [6.45, 7) is 1.32. The third-order valence-corrected chi connectivity index (χ3v) is 2.48. The Balaban J connectivity index is 2.27. The number of carbonyl (C=O) groups is 1. The molecule has 1 rings (SSSR count). The molecule has 0 radical (unpaired) electrons. The Morgan fingerprint density at radius 3 is 3.00 bits per heavy atom. The van der Waals surface area contributed by atoms with Crippen LogP contribution < -0.4 is 10.8 Å². The highest BCUT2D eigenvalue weighted by Gasteiger charge is 2.31. The Morgan fingerprint density at radius 1 is 1.62 bits per heavy atom. The van der Waals surface area contributed by atoms with Crippen molar-refractivity contribution in [1.82, 2.24) is 10.8 Å². The van der Waals surface area contributed by atoms with Crippen molar-refractivity contribution in [2.75, 3.05) is 13.1 Å². The molecule has 0 aromatic carbocycles. The lowest BCUT2D eigenvalue weighted by atomic mass is 9.95. The zero-order valence-corrected chi connectivity index (χ0v) is 7.49. The summed E-state index contributed by atoms with van der Waals surface area (Å²) in [7, 11) is 0. The van der Waals surface area contributed by atoms with Crippen LogP contribution in [0.4, 0.5) is 0 Å². The average molecular weight is 188 g/mol. The summed E-state index contributed by atoms with van der Waals surface area (Å²) in [6, 6.07) is -0.390. The number of hydrogen-bond donors (Lipinski definition) is 4. The molecule has 0 bridgehead atoms. The fraction of sp³-hybridized carbons (Fsp3) is 0.875. The summed E-state index contributed by atoms with van der Waals surface area (Å²) < 4.78 is 0. The molecule has 0 aromatic heterocycles. The second kappa shape index (κ2) is 5.16. The van der Waals surface area contributed by atoms with Crippen molar-refractivity contribution in [2.45, 2.75) is 25.3 Å². The summed E-state index contributed by atoms with van der Waals surface area (Å²) in [5.41, 5.74) is 2.07. The highest BCUT2D eigenvalue weighted by Crippen LogP contribution is 2.20. The molecule has 4 N–H and O–H groups in total. The quantitative estimate of drug-likeness (QED) is 0.355. The fourth-order valence-electron chi connectivity index (χ4n) is 1.80. The van der Waals surface area contributed by atoms with Crippen molar-refractivity contribution in [3.05, 3.63) is 0 Å². The highest BCUT2D eigenvalue weighted by atomic mass is 16.5. The Labute approximate surface area is 77.1 Å². The zero-order chi connectivity index (χ0) is 9.68. The van der Waals surface area contributed by atoms with E-state index in [1.807, 2.05) is 0 Å². The van der Waals surface area contributed by atoms with Crippen LogP contribution in [0.3, 0.4) is 0 Å². The third kappa shape index (κ3) is 2.95. The van der Waals surface area contributed by atoms with Gasteiger partial charge in [0.2, 0.25) is 0 Å². The third-order valence-electron chi connectivity index (χ3n) is 2.48. The van der Waals surface area contributed by atoms with Gasteiger partial charge in [-0.1, -0.05) is 0 Å². The number of hydrogen-bond acceptors (Lipinski definition) is 4. The van der Waals surface area contributed by atoms with Crippen LogP contribution in [0.15, 0.2) is 0 Å². The maximum atomic E-state index is 10.7. The molecule has 1 aliphatic heterocycles. The van der Waals surface area contributed by atoms with Crippen LogP contribution in [-0.4, -0.2) is 35.4 Å². The van der Waals surface area contributed by atoms with Crippen LogP contribution >= 0.6 is 0 Å². The average Bonchev–Trinajstić information content (AvgIpc) is 2.53. The Kier molecular flexibility index (Phi) is 4.14. The number of carboxylic acid groups (broad SMARTS) is 1. The number of carboxylic acids is 1. The maximum absolute atomic E-state index is 10.7. The van der Waals surface area contributed by atoms with Crippen LogP contribution in [0.5, 0.6) is 0 Å². The Bertz CT molecular complexity index is 175. The molecule has 1 aliphatic rings. The van der Waals surface area contributed by atoms with E-state index in [1.165, 1.54) is 0 Å². The van der Waals surface area contributed by atoms with E-state index in [1.54, 1.807) is 0 Å². The van der Waals surface area contributed by atoms with Gasteiger partial charge in [-0.25, -0.2) is 5.48 Å². The molecule has 0 aliphatic carbocycles. The Hall–Kier alpha value is -0.650. The number of hydroxylamine groups is 1. The lowest BCUT2D eigenvalue weighted by molar-refractivity contribution is -0.140. The monoisotopic (exact) mass is 188 g/mol. The first kappa shape index (κ1) is 10.4. The molecule has 5 heteroatoms. The van der Waals surface area contributed by atoms with E-state index in [2.05, 4.69) is 10.8 Å². The molecule has 5 nitrogen and oxygen atoms in total. The van der Waals surface area contributed by atoms with Crippen molar-refractivity contribution in [2.24, 2.45) is 5.92 Å². The predicted molar refractivity (Wildman–Crippen MR) is 46.6 cm³/mol. The number of rotatable bonds is 5. The molecule has 1 saturated heterocycles. The SMILES string of the molecule is O=C(O)C1NCCC1CCCNO. The van der Waals surface area contributed by atoms with E-state index in [9.17, 15) is 4.79 Å². The second-order valence-corrected chi connectivity index (χ2v) is 3.37. The van der Waals surface area contributed by atoms with Gasteiger partial charge in [-0.15, -0.1) is 0 Å². The molecule has 1 fully saturated rings. The van der Waals surface area contributed by atoms with Gasteiger partial charge >= 0.3 is 5.97 Å². The maximum Gasteiger partial charge on any atom is 0.320 e. The largest absolute Gasteiger partial charge is 0.480 e. The van der Waals surface area contributed by atoms with Crippen LogP contribution in [0.25, 0.3) is 0 Å². The van der Waals surface area contributed by atoms with Gasteiger partial charge in [-0.05, 0) is 31.7 Å². The molecule has 0 amide bonds. The van der Waals surface area contributed by atoms with Gasteiger partial charge < -0.3 is 15.6 Å². The summed E-state index contributed by atoms with van der Waals surface area (Å²) in [5, 5.41) is 20.1. The van der Waals surface area contributed by atoms with Crippen LogP contribution in [0.1, 0.15) is 19.3 Å². The molecular weight excluding hydrogens is 172 g/mol. The lowest BCUT2D eigenvalue weighted by Gasteiger charge is -2.14. The first-order chi connectivity index (χ1) is 6.25. The fourth-order valence-corrected chi connectivity index (χ4v) is 1.80. The number of aliphatic carboxylic acids is 1. The minimum atomic E-state index is -0.764. The molecule has 2 atom stereocenters. The van der Waals surface area contributed by atoms with Crippen molar-refractivity contribution in [3.63, 3.8) is 0 Å². The predicted octanol–water partition coefficient (Wildman–Crippen LogP) is -0.192. The highest BCUT2D eigenvalue weighted by molar-refractivity contribution is 5.74. The van der Waals surface area contributed by atoms with Gasteiger partial charge in [0.25, 0.3) is 0 Å². The second-order valence-electron chi connectivity index (χ2n) is 3.37. The van der Waals surface area contributed by atoms with Gasteiger partial charge in [0.1, 0.15) is 6.04 Å². The summed E-state index contributed by atoms with van der Waals surface area (Å²) in [5.74, 6) is -0.551. The van der Waals surface area contributed by atoms with Gasteiger partial charge in [-0.3, -0.25) is 4.79 Å². The van der Waals surface area contributed by atoms with E-state index < -0.39 is 12.0 Å². The summed E-state index contributed by atoms with van der Waals surface area (Å²) in [6.07, 6.45) is 2.58. The van der Waals surface area contributed by atoms with Gasteiger partial charge in [0.15, 0.2) is 0 Å². The van der Waals surface area contributed by atoms with Crippen LogP contribution in [0.2, 0.25) is 0 Å². The Morgan fingerprint density at radius 2 is 2.38 bits per heavy atom. The molecule has 13 heavy (non-hydrogen) atoms. The first-order valence-corrected chi connectivity index (χ1v) is 4.59. The van der Waals surface area contributed by atoms with Crippen LogP contribution in [0, 0.1) is 5.92 Å². The summed E-state index contributed by atoms with van der Waals surface area (Å²) >= 11 is 0. The van der Waals surface area contributed by atoms with Crippen LogP contribution in [-0.2, 0) is 4.79 Å². The number of nitrogens with one attached hydrogen (secondary N) is 2. The van der Waals surface area contributed by atoms with E-state index in [4.69, 9.17) is 10.3 Å². The van der Waals surface area contributed by atoms with Gasteiger partial charge in [-0.2, -0.15) is 0 Å². The smallest absolute Gasteiger partial charge is 0.320 e. The minimum absolute atomic E-state index is 0.214. The van der Waals surface area contributed by atoms with E-state index in [0.29, 0.717) is 6.54 Å². The lowest BCUT2D eigenvalue weighted by Crippen LogP contribution is -2.35. The minimum Gasteiger partial charge on any atom is -0.480 e. The summed E-state index contributed by atoms with van der Waals surface area (Å²) in [4.78, 5) is 10.7. The van der Waals surface area contributed by atoms with Crippen molar-refractivity contribution >= 4 is 5.97 Å². The molecule has 0 spiro atoms. The van der Waals surface area contributed by atoms with Crippen molar-refractivity contribution in [1.29, 1.82) is 0 Å². The normalized spacial score (nSPS) is 27.8. The molecule has 76 valence electrons. The first-order valence-electron chi connectivity index (χ1n) is 4.59. The molecule has 1 heterocycles. The van der Waals surface area contributed by atoms with Gasteiger partial charge in [0, 0.05) is 6.54 Å². The molecule has 0 aromatic rings. The van der Waals surface area contributed by atoms with Crippen molar-refractivity contribution < 1.29 is 15.1 Å². The molecule has 2 unspecified atom stereocenters. The van der Waals surface area contributed by atoms with Crippen molar-refractivity contribution in [3.8, 4) is 0 Å². The van der Waals surface area contributed by atoms with E-state index in [0.717, 1.165) is 25.8 Å². The van der Waals surface area contributed by atoms with E-state index >= 15 is 0 Å². The zero-order valence-electron chi connectivity index (χ0n) is 7.49. The standard InChI is InChI=1S/C8H16N2O3/c11-8(12)7-6(3-5-9-7)2-1-4-10-13/h6-7,9-10,13H,1-5H2,(H,11,12). The van der Waals surface area contributed by atoms with E-state index in [-0.39, 0.29) is 5.92 Å². The molecular formula is C8H16N2O3. The molecule has 0 saturated carbocycles. The van der Waals surface area contributed by atoms with Gasteiger partial charge in [0.05, 0.1) is 0 Å². The topological polar surface area (TPSA) is 81.6 Å².